The summed E-state index contributed by atoms with van der Waals surface area (Å²) in [4.78, 5) is 2.46. The Morgan fingerprint density at radius 3 is 1.95 bits per heavy atom. The molecule has 6 aromatic rings. The van der Waals surface area contributed by atoms with E-state index < -0.39 is 10.2 Å². The van der Waals surface area contributed by atoms with Crippen LogP contribution in [0.15, 0.2) is 193 Å². The Labute approximate surface area is 349 Å². The summed E-state index contributed by atoms with van der Waals surface area (Å²) in [6.07, 6.45) is 12.9. The van der Waals surface area contributed by atoms with Gasteiger partial charge in [0.05, 0.1) is 5.41 Å². The highest BCUT2D eigenvalue weighted by molar-refractivity contribution is 6.11. The Hall–Kier alpha value is -5.86. The number of para-hydroxylation sites is 4. The average Bonchev–Trinajstić information content (AvgIpc) is 3.60. The van der Waals surface area contributed by atoms with E-state index in [9.17, 15) is 0 Å². The Balaban J connectivity index is 0.000000915. The third-order valence-electron chi connectivity index (χ3n) is 11.9. The molecule has 0 bridgehead atoms. The lowest BCUT2D eigenvalue weighted by Gasteiger charge is -2.28. The third-order valence-corrected chi connectivity index (χ3v) is 11.9. The Morgan fingerprint density at radius 2 is 1.20 bits per heavy atom. The molecule has 3 aliphatic rings. The molecular formula is C52H47ClN2O4. The highest BCUT2D eigenvalue weighted by Crippen LogP contribution is 2.51. The van der Waals surface area contributed by atoms with Gasteiger partial charge in [-0.2, -0.15) is 4.58 Å². The van der Waals surface area contributed by atoms with Crippen LogP contribution in [-0.2, 0) is 10.8 Å². The molecule has 2 aliphatic heterocycles. The van der Waals surface area contributed by atoms with Gasteiger partial charge in [0, 0.05) is 52.3 Å². The van der Waals surface area contributed by atoms with Crippen molar-refractivity contribution >= 4 is 44.8 Å². The van der Waals surface area contributed by atoms with Gasteiger partial charge in [-0.15, -0.1) is 10.2 Å². The minimum absolute atomic E-state index is 0.162. The Kier molecular flexibility index (Phi) is 10.9. The summed E-state index contributed by atoms with van der Waals surface area (Å²) in [5.41, 5.74) is 15.3. The third kappa shape index (κ3) is 7.86. The Morgan fingerprint density at radius 1 is 0.593 bits per heavy atom. The molecule has 0 fully saturated rings. The summed E-state index contributed by atoms with van der Waals surface area (Å²) in [5.74, 6) is 0. The minimum Gasteiger partial charge on any atom is -0.313 e. The molecule has 7 heteroatoms. The number of hydrogen-bond acceptors (Lipinski definition) is 5. The van der Waals surface area contributed by atoms with E-state index >= 15 is 0 Å². The van der Waals surface area contributed by atoms with Gasteiger partial charge < -0.3 is 4.90 Å². The summed E-state index contributed by atoms with van der Waals surface area (Å²) in [7, 11) is -4.94. The molecule has 0 N–H and O–H groups in total. The van der Waals surface area contributed by atoms with Gasteiger partial charge in [-0.1, -0.05) is 141 Å². The van der Waals surface area contributed by atoms with Gasteiger partial charge in [-0.25, -0.2) is 18.6 Å². The molecule has 0 spiro atoms. The highest BCUT2D eigenvalue weighted by Gasteiger charge is 2.45. The maximum atomic E-state index is 8.49. The normalized spacial score (nSPS) is 18.4. The molecule has 1 aliphatic carbocycles. The zero-order chi connectivity index (χ0) is 41.4. The minimum atomic E-state index is -4.94. The van der Waals surface area contributed by atoms with Crippen molar-refractivity contribution in [2.24, 2.45) is 0 Å². The van der Waals surface area contributed by atoms with Gasteiger partial charge in [-0.05, 0) is 96.0 Å². The van der Waals surface area contributed by atoms with Crippen molar-refractivity contribution in [2.75, 3.05) is 4.90 Å². The van der Waals surface area contributed by atoms with Crippen molar-refractivity contribution in [1.82, 2.24) is 4.58 Å². The summed E-state index contributed by atoms with van der Waals surface area (Å²) in [6.45, 7) is 9.47. The zero-order valence-corrected chi connectivity index (χ0v) is 34.5. The van der Waals surface area contributed by atoms with Crippen LogP contribution >= 0.6 is 0 Å². The first-order valence-corrected chi connectivity index (χ1v) is 21.3. The number of anilines is 2. The molecule has 9 rings (SSSR count). The average molecular weight is 799 g/mol. The van der Waals surface area contributed by atoms with Gasteiger partial charge in [-0.3, -0.25) is 0 Å². The van der Waals surface area contributed by atoms with E-state index in [2.05, 4.69) is 213 Å². The molecule has 6 aromatic carbocycles. The number of allylic oxidation sites excluding steroid dienone is 8. The smallest absolute Gasteiger partial charge is 0.215 e. The maximum Gasteiger partial charge on any atom is 0.215 e. The molecular weight excluding hydrogens is 752 g/mol. The topological polar surface area (TPSA) is 98.5 Å². The quantitative estimate of drug-likeness (QED) is 0.157. The molecule has 0 radical (unpaired) electrons. The van der Waals surface area contributed by atoms with Crippen LogP contribution in [0.5, 0.6) is 0 Å². The SMILES string of the molecule is CC1(C)C(/C=C/C2=C(c3cccc4ccccc34)C(=C/C=C3/N(c4ccccc4)c4ccccc4C3(C)C)/CCC2)=[N+](c2ccccc2)c2ccccc21.[O-][Cl+3]([O-])([O-])[O-]. The lowest BCUT2D eigenvalue weighted by molar-refractivity contribution is -2.00. The number of hydrogen-bond donors (Lipinski definition) is 0. The molecule has 0 atom stereocenters. The fourth-order valence-electron chi connectivity index (χ4n) is 9.17. The zero-order valence-electron chi connectivity index (χ0n) is 33.8. The van der Waals surface area contributed by atoms with Crippen molar-refractivity contribution in [3.05, 3.63) is 209 Å². The second-order valence-electron chi connectivity index (χ2n) is 16.2. The van der Waals surface area contributed by atoms with Crippen LogP contribution in [-0.4, -0.2) is 5.71 Å². The van der Waals surface area contributed by atoms with Crippen molar-refractivity contribution in [2.45, 2.75) is 57.8 Å². The van der Waals surface area contributed by atoms with Gasteiger partial charge in [0.1, 0.15) is 0 Å². The molecule has 0 aromatic heterocycles. The lowest BCUT2D eigenvalue weighted by atomic mass is 9.79. The monoisotopic (exact) mass is 798 g/mol. The Bertz CT molecular complexity index is 2670. The van der Waals surface area contributed by atoms with Crippen LogP contribution in [0, 0.1) is 10.2 Å². The van der Waals surface area contributed by atoms with Crippen LogP contribution in [0.2, 0.25) is 0 Å². The lowest BCUT2D eigenvalue weighted by Crippen LogP contribution is -2.68. The van der Waals surface area contributed by atoms with E-state index in [0.717, 1.165) is 19.3 Å². The number of halogens is 1. The number of benzene rings is 6. The fraction of sp³-hybridized carbons (Fsp3) is 0.173. The van der Waals surface area contributed by atoms with Crippen molar-refractivity contribution in [3.8, 4) is 0 Å². The van der Waals surface area contributed by atoms with Crippen molar-refractivity contribution in [3.63, 3.8) is 0 Å². The van der Waals surface area contributed by atoms with E-state index in [4.69, 9.17) is 18.6 Å². The fourth-order valence-corrected chi connectivity index (χ4v) is 9.17. The predicted octanol–water partition coefficient (Wildman–Crippen LogP) is 8.78. The van der Waals surface area contributed by atoms with Gasteiger partial charge in [0.25, 0.3) is 0 Å². The summed E-state index contributed by atoms with van der Waals surface area (Å²) in [5, 5.41) is 2.57. The van der Waals surface area contributed by atoms with Crippen molar-refractivity contribution in [1.29, 1.82) is 0 Å². The first-order chi connectivity index (χ1) is 28.3. The molecule has 0 unspecified atom stereocenters. The highest BCUT2D eigenvalue weighted by atomic mass is 35.7. The van der Waals surface area contributed by atoms with Crippen LogP contribution < -0.4 is 28.1 Å². The van der Waals surface area contributed by atoms with Crippen LogP contribution in [0.4, 0.5) is 22.7 Å². The number of nitrogens with zero attached hydrogens (tertiary/aromatic N) is 2. The van der Waals surface area contributed by atoms with E-state index in [0.29, 0.717) is 0 Å². The molecule has 2 heterocycles. The molecule has 296 valence electrons. The summed E-state index contributed by atoms with van der Waals surface area (Å²) in [6, 6.07) is 55.1. The molecule has 0 amide bonds. The number of fused-ring (bicyclic) bond motifs is 3. The van der Waals surface area contributed by atoms with E-state index in [1.165, 1.54) is 78.3 Å². The molecule has 0 saturated heterocycles. The summed E-state index contributed by atoms with van der Waals surface area (Å²) >= 11 is 0. The molecule has 6 nitrogen and oxygen atoms in total. The predicted molar refractivity (Wildman–Crippen MR) is 230 cm³/mol. The van der Waals surface area contributed by atoms with Gasteiger partial charge in [0.2, 0.25) is 11.4 Å². The van der Waals surface area contributed by atoms with Gasteiger partial charge in [0.15, 0.2) is 5.71 Å². The molecule has 0 saturated carbocycles. The van der Waals surface area contributed by atoms with E-state index in [-0.39, 0.29) is 10.8 Å². The maximum absolute atomic E-state index is 8.49. The van der Waals surface area contributed by atoms with Crippen molar-refractivity contribution < 1.29 is 28.9 Å². The van der Waals surface area contributed by atoms with Crippen LogP contribution in [0.25, 0.3) is 16.3 Å². The summed E-state index contributed by atoms with van der Waals surface area (Å²) < 4.78 is 36.4. The van der Waals surface area contributed by atoms with E-state index in [1.54, 1.807) is 0 Å². The second-order valence-corrected chi connectivity index (χ2v) is 17.0. The standard InChI is InChI=1S/C52H47N2.ClHO4/c1-51(2)44-29-13-15-31-46(44)53(40-23-7-5-8-24-40)48(51)35-33-38-21-17-22-39(50(38)43-28-18-20-37-19-11-12-27-42(37)43)34-36-49-52(3,4)45-30-14-16-32-47(45)54(49)41-25-9-6-10-26-41;2-1(3,4)5/h5-16,18-20,23-36H,17,21-22H2,1-4H3;(H,2,3,4,5)/q+1;/p-1. The second kappa shape index (κ2) is 16.1. The first-order valence-electron chi connectivity index (χ1n) is 20.0. The van der Waals surface area contributed by atoms with E-state index in [1.807, 2.05) is 0 Å². The van der Waals surface area contributed by atoms with Gasteiger partial charge >= 0.3 is 0 Å². The first kappa shape index (κ1) is 39.9. The van der Waals surface area contributed by atoms with Crippen LogP contribution in [0.1, 0.15) is 63.6 Å². The van der Waals surface area contributed by atoms with Crippen LogP contribution in [0.3, 0.4) is 0 Å². The molecule has 59 heavy (non-hydrogen) atoms. The largest absolute Gasteiger partial charge is 0.313 e. The number of rotatable bonds is 6.